The van der Waals surface area contributed by atoms with Crippen molar-refractivity contribution in [1.29, 1.82) is 0 Å². The van der Waals surface area contributed by atoms with Gasteiger partial charge in [-0.15, -0.1) is 0 Å². The monoisotopic (exact) mass is 554 g/mol. The van der Waals surface area contributed by atoms with Gasteiger partial charge in [0.05, 0.1) is 10.6 Å². The van der Waals surface area contributed by atoms with Crippen LogP contribution in [0.25, 0.3) is 0 Å². The molecule has 3 amide bonds. The first-order valence-electron chi connectivity index (χ1n) is 13.5. The molecule has 0 radical (unpaired) electrons. The van der Waals surface area contributed by atoms with Gasteiger partial charge in [0, 0.05) is 56.5 Å². The smallest absolute Gasteiger partial charge is 0.322 e. The molecule has 2 atom stereocenters. The van der Waals surface area contributed by atoms with Gasteiger partial charge in [0.25, 0.3) is 5.91 Å². The zero-order chi connectivity index (χ0) is 26.9. The Morgan fingerprint density at radius 2 is 1.74 bits per heavy atom. The summed E-state index contributed by atoms with van der Waals surface area (Å²) in [6.45, 7) is 9.56. The molecule has 6 rings (SSSR count). The predicted molar refractivity (Wildman–Crippen MR) is 154 cm³/mol. The zero-order valence-corrected chi connectivity index (χ0v) is 23.6. The van der Waals surface area contributed by atoms with Crippen molar-refractivity contribution in [2.45, 2.75) is 26.7 Å². The van der Waals surface area contributed by atoms with E-state index in [0.29, 0.717) is 53.1 Å². The highest BCUT2D eigenvalue weighted by Gasteiger charge is 2.51. The lowest BCUT2D eigenvalue weighted by Gasteiger charge is -2.57. The summed E-state index contributed by atoms with van der Waals surface area (Å²) in [5.41, 5.74) is 2.98. The van der Waals surface area contributed by atoms with Crippen molar-refractivity contribution in [3.8, 4) is 0 Å². The molecular formula is C30H36Cl2N4O2. The van der Waals surface area contributed by atoms with Crippen LogP contribution in [0.1, 0.15) is 37.0 Å². The molecule has 6 nitrogen and oxygen atoms in total. The van der Waals surface area contributed by atoms with Crippen LogP contribution in [-0.4, -0.2) is 72.5 Å². The Hall–Kier alpha value is -2.54. The number of allylic oxidation sites excluding steroid dienone is 1. The van der Waals surface area contributed by atoms with Gasteiger partial charge in [0.15, 0.2) is 0 Å². The van der Waals surface area contributed by atoms with Gasteiger partial charge in [-0.05, 0) is 66.5 Å². The molecule has 3 aliphatic carbocycles. The molecule has 202 valence electrons. The van der Waals surface area contributed by atoms with Gasteiger partial charge in [-0.3, -0.25) is 9.69 Å². The summed E-state index contributed by atoms with van der Waals surface area (Å²) < 4.78 is 0. The Balaban J connectivity index is 1.20. The van der Waals surface area contributed by atoms with Crippen molar-refractivity contribution in [3.63, 3.8) is 0 Å². The number of anilines is 1. The van der Waals surface area contributed by atoms with E-state index in [1.165, 1.54) is 12.0 Å². The topological polar surface area (TPSA) is 55.9 Å². The summed E-state index contributed by atoms with van der Waals surface area (Å²) in [5, 5.41) is 4.18. The Kier molecular flexibility index (Phi) is 8.03. The van der Waals surface area contributed by atoms with Gasteiger partial charge in [-0.25, -0.2) is 4.79 Å². The van der Waals surface area contributed by atoms with Crippen LogP contribution in [-0.2, 0) is 0 Å². The summed E-state index contributed by atoms with van der Waals surface area (Å²) in [6, 6.07) is 14.3. The number of urea groups is 1. The number of carbonyl (C=O) groups is 2. The van der Waals surface area contributed by atoms with Crippen molar-refractivity contribution < 1.29 is 9.59 Å². The predicted octanol–water partition coefficient (Wildman–Crippen LogP) is 6.28. The molecule has 1 aliphatic heterocycles. The van der Waals surface area contributed by atoms with E-state index in [9.17, 15) is 9.59 Å². The molecule has 2 fully saturated rings. The number of halogens is 2. The molecule has 2 bridgehead atoms. The van der Waals surface area contributed by atoms with Gasteiger partial charge in [0.1, 0.15) is 0 Å². The Morgan fingerprint density at radius 1 is 1.03 bits per heavy atom. The van der Waals surface area contributed by atoms with Crippen molar-refractivity contribution in [2.24, 2.45) is 17.3 Å². The number of hydrogen-bond donors (Lipinski definition) is 1. The first-order chi connectivity index (χ1) is 18.2. The second-order valence-corrected chi connectivity index (χ2v) is 12.1. The van der Waals surface area contributed by atoms with Crippen LogP contribution in [0, 0.1) is 17.3 Å². The molecule has 8 heteroatoms. The van der Waals surface area contributed by atoms with E-state index in [-0.39, 0.29) is 11.9 Å². The van der Waals surface area contributed by atoms with Gasteiger partial charge < -0.3 is 15.1 Å². The molecule has 0 spiro atoms. The van der Waals surface area contributed by atoms with Crippen LogP contribution >= 0.6 is 23.2 Å². The SMILES string of the molecule is CC1(C)C2CC=C(CN(CCN3CCN(C(=O)c4ccccc4Cl)CC3)C(=O)Nc3ccc(Cl)cc3)C1C2. The minimum Gasteiger partial charge on any atom is -0.336 e. The number of piperazine rings is 1. The second kappa shape index (κ2) is 11.3. The standard InChI is InChI=1S/C30H36Cl2N4O2/c1-30(2)22-8-7-21(26(30)19-22)20-36(29(38)33-24-11-9-23(31)10-12-24)18-15-34-13-16-35(17-14-34)28(37)25-5-3-4-6-27(25)32/h3-7,9-12,22,26H,8,13-20H2,1-2H3,(H,33,38). The number of nitrogens with zero attached hydrogens (tertiary/aromatic N) is 3. The number of hydrogen-bond acceptors (Lipinski definition) is 3. The van der Waals surface area contributed by atoms with Crippen LogP contribution in [0.15, 0.2) is 60.2 Å². The lowest BCUT2D eigenvalue weighted by Crippen LogP contribution is -2.52. The maximum Gasteiger partial charge on any atom is 0.322 e. The number of amides is 3. The average Bonchev–Trinajstić information content (AvgIpc) is 2.92. The first-order valence-corrected chi connectivity index (χ1v) is 14.2. The molecule has 1 saturated carbocycles. The Labute approximate surface area is 235 Å². The van der Waals surface area contributed by atoms with Crippen molar-refractivity contribution >= 4 is 40.8 Å². The fraction of sp³-hybridized carbons (Fsp3) is 0.467. The van der Waals surface area contributed by atoms with Crippen LogP contribution in [0.3, 0.4) is 0 Å². The third kappa shape index (κ3) is 5.73. The Morgan fingerprint density at radius 3 is 2.39 bits per heavy atom. The molecule has 1 heterocycles. The molecule has 1 saturated heterocycles. The maximum atomic E-state index is 13.4. The first kappa shape index (κ1) is 27.0. The van der Waals surface area contributed by atoms with E-state index in [1.807, 2.05) is 34.1 Å². The van der Waals surface area contributed by atoms with E-state index in [1.54, 1.807) is 24.3 Å². The Bertz CT molecular complexity index is 1200. The summed E-state index contributed by atoms with van der Waals surface area (Å²) in [7, 11) is 0. The molecule has 38 heavy (non-hydrogen) atoms. The van der Waals surface area contributed by atoms with Gasteiger partial charge >= 0.3 is 6.03 Å². The number of fused-ring (bicyclic) bond motifs is 1. The van der Waals surface area contributed by atoms with Gasteiger partial charge in [0.2, 0.25) is 0 Å². The van der Waals surface area contributed by atoms with Crippen LogP contribution < -0.4 is 5.32 Å². The van der Waals surface area contributed by atoms with E-state index >= 15 is 0 Å². The van der Waals surface area contributed by atoms with E-state index in [0.717, 1.165) is 37.7 Å². The third-order valence-electron chi connectivity index (χ3n) is 8.79. The molecule has 2 aromatic carbocycles. The van der Waals surface area contributed by atoms with Crippen LogP contribution in [0.2, 0.25) is 10.0 Å². The minimum absolute atomic E-state index is 0.0233. The highest BCUT2D eigenvalue weighted by atomic mass is 35.5. The van der Waals surface area contributed by atoms with E-state index < -0.39 is 0 Å². The maximum absolute atomic E-state index is 13.4. The van der Waals surface area contributed by atoms with Crippen molar-refractivity contribution in [1.82, 2.24) is 14.7 Å². The zero-order valence-electron chi connectivity index (χ0n) is 22.1. The van der Waals surface area contributed by atoms with Crippen molar-refractivity contribution in [2.75, 3.05) is 51.1 Å². The largest absolute Gasteiger partial charge is 0.336 e. The molecule has 2 aromatic rings. The van der Waals surface area contributed by atoms with Crippen molar-refractivity contribution in [3.05, 3.63) is 75.8 Å². The summed E-state index contributed by atoms with van der Waals surface area (Å²) in [5.74, 6) is 1.29. The fourth-order valence-corrected chi connectivity index (χ4v) is 6.45. The number of rotatable bonds is 7. The summed E-state index contributed by atoms with van der Waals surface area (Å²) in [6.07, 6.45) is 4.70. The van der Waals surface area contributed by atoms with E-state index in [2.05, 4.69) is 30.1 Å². The molecular weight excluding hydrogens is 519 g/mol. The number of carbonyl (C=O) groups excluding carboxylic acids is 2. The minimum atomic E-state index is -0.0972. The molecule has 4 aliphatic rings. The lowest BCUT2D eigenvalue weighted by atomic mass is 9.49. The molecule has 2 unspecified atom stereocenters. The highest BCUT2D eigenvalue weighted by molar-refractivity contribution is 6.33. The quantitative estimate of drug-likeness (QED) is 0.410. The summed E-state index contributed by atoms with van der Waals surface area (Å²) in [4.78, 5) is 32.5. The fourth-order valence-electron chi connectivity index (χ4n) is 6.11. The molecule has 1 N–H and O–H groups in total. The lowest BCUT2D eigenvalue weighted by molar-refractivity contribution is -0.00970. The van der Waals surface area contributed by atoms with Crippen LogP contribution in [0.5, 0.6) is 0 Å². The number of nitrogens with one attached hydrogen (secondary N) is 1. The van der Waals surface area contributed by atoms with Crippen LogP contribution in [0.4, 0.5) is 10.5 Å². The highest BCUT2D eigenvalue weighted by Crippen LogP contribution is 2.59. The number of benzene rings is 2. The average molecular weight is 556 g/mol. The molecule has 0 aromatic heterocycles. The van der Waals surface area contributed by atoms with E-state index in [4.69, 9.17) is 23.2 Å². The normalized spacial score (nSPS) is 22.3. The van der Waals surface area contributed by atoms with Gasteiger partial charge in [-0.1, -0.05) is 60.8 Å². The van der Waals surface area contributed by atoms with Gasteiger partial charge in [-0.2, -0.15) is 0 Å². The summed E-state index contributed by atoms with van der Waals surface area (Å²) >= 11 is 12.3. The second-order valence-electron chi connectivity index (χ2n) is 11.3. The third-order valence-corrected chi connectivity index (χ3v) is 9.37.